The maximum absolute atomic E-state index is 12.2. The lowest BCUT2D eigenvalue weighted by atomic mass is 10.1. The van der Waals surface area contributed by atoms with Gasteiger partial charge in [-0.25, -0.2) is 4.79 Å². The van der Waals surface area contributed by atoms with Gasteiger partial charge >= 0.3 is 6.03 Å². The molecule has 0 heterocycles. The van der Waals surface area contributed by atoms with E-state index in [1.54, 1.807) is 36.4 Å². The summed E-state index contributed by atoms with van der Waals surface area (Å²) in [5.41, 5.74) is 2.26. The summed E-state index contributed by atoms with van der Waals surface area (Å²) in [5.74, 6) is 0.191. The van der Waals surface area contributed by atoms with Gasteiger partial charge in [-0.15, -0.1) is 0 Å². The number of urea groups is 1. The molecular formula is C18H15ClN2O2. The van der Waals surface area contributed by atoms with Crippen molar-refractivity contribution in [3.05, 3.63) is 65.2 Å². The largest absolute Gasteiger partial charge is 0.508 e. The molecule has 3 N–H and O–H groups in total. The number of anilines is 2. The fourth-order valence-electron chi connectivity index (χ4n) is 2.42. The molecule has 0 saturated carbocycles. The Morgan fingerprint density at radius 2 is 1.78 bits per heavy atom. The maximum Gasteiger partial charge on any atom is 0.323 e. The average molecular weight is 327 g/mol. The van der Waals surface area contributed by atoms with Gasteiger partial charge in [-0.1, -0.05) is 23.7 Å². The average Bonchev–Trinajstić information content (AvgIpc) is 2.50. The molecule has 0 saturated heterocycles. The standard InChI is InChI=1S/C18H15ClN2O2/c1-11-9-13(19)5-8-16(11)20-18(23)21-17-4-2-3-12-10-14(22)6-7-15(12)17/h2-10,22H,1H3,(H2,20,21,23). The molecule has 4 nitrogen and oxygen atoms in total. The molecule has 0 aromatic heterocycles. The zero-order valence-corrected chi connectivity index (χ0v) is 13.2. The summed E-state index contributed by atoms with van der Waals surface area (Å²) in [7, 11) is 0. The highest BCUT2D eigenvalue weighted by atomic mass is 35.5. The number of halogens is 1. The van der Waals surface area contributed by atoms with Crippen molar-refractivity contribution in [3.8, 4) is 5.75 Å². The van der Waals surface area contributed by atoms with Crippen molar-refractivity contribution in [1.82, 2.24) is 0 Å². The first kappa shape index (κ1) is 15.2. The molecule has 2 amide bonds. The van der Waals surface area contributed by atoms with Crippen LogP contribution in [0, 0.1) is 6.92 Å². The van der Waals surface area contributed by atoms with E-state index in [2.05, 4.69) is 10.6 Å². The lowest BCUT2D eigenvalue weighted by molar-refractivity contribution is 0.262. The van der Waals surface area contributed by atoms with Crippen molar-refractivity contribution in [2.75, 3.05) is 10.6 Å². The van der Waals surface area contributed by atoms with Crippen LogP contribution in [0.2, 0.25) is 5.02 Å². The van der Waals surface area contributed by atoms with Crippen LogP contribution >= 0.6 is 11.6 Å². The lowest BCUT2D eigenvalue weighted by Crippen LogP contribution is -2.20. The minimum atomic E-state index is -0.337. The van der Waals surface area contributed by atoms with Crippen molar-refractivity contribution in [1.29, 1.82) is 0 Å². The van der Waals surface area contributed by atoms with Crippen LogP contribution in [-0.4, -0.2) is 11.1 Å². The highest BCUT2D eigenvalue weighted by Crippen LogP contribution is 2.27. The van der Waals surface area contributed by atoms with Crippen LogP contribution in [-0.2, 0) is 0 Å². The Kier molecular flexibility index (Phi) is 4.08. The molecule has 0 spiro atoms. The topological polar surface area (TPSA) is 61.4 Å². The van der Waals surface area contributed by atoms with Crippen molar-refractivity contribution >= 4 is 39.8 Å². The number of nitrogens with one attached hydrogen (secondary N) is 2. The van der Waals surface area contributed by atoms with E-state index in [1.807, 2.05) is 25.1 Å². The Labute approximate surface area is 138 Å². The summed E-state index contributed by atoms with van der Waals surface area (Å²) >= 11 is 5.91. The van der Waals surface area contributed by atoms with Crippen LogP contribution in [0.1, 0.15) is 5.56 Å². The molecule has 0 fully saturated rings. The normalized spacial score (nSPS) is 10.5. The van der Waals surface area contributed by atoms with Gasteiger partial charge in [0.05, 0.1) is 5.69 Å². The molecule has 0 radical (unpaired) electrons. The van der Waals surface area contributed by atoms with Crippen LogP contribution in [0.25, 0.3) is 10.8 Å². The maximum atomic E-state index is 12.2. The van der Waals surface area contributed by atoms with Gasteiger partial charge in [0.15, 0.2) is 0 Å². The molecule has 0 aliphatic carbocycles. The van der Waals surface area contributed by atoms with Crippen molar-refractivity contribution in [2.45, 2.75) is 6.92 Å². The van der Waals surface area contributed by atoms with E-state index < -0.39 is 0 Å². The molecular weight excluding hydrogens is 312 g/mol. The second kappa shape index (κ2) is 6.18. The van der Waals surface area contributed by atoms with E-state index in [1.165, 1.54) is 0 Å². The Morgan fingerprint density at radius 3 is 2.57 bits per heavy atom. The highest BCUT2D eigenvalue weighted by Gasteiger charge is 2.08. The number of hydrogen-bond donors (Lipinski definition) is 3. The molecule has 0 atom stereocenters. The van der Waals surface area contributed by atoms with Gasteiger partial charge in [-0.3, -0.25) is 0 Å². The van der Waals surface area contributed by atoms with Crippen molar-refractivity contribution in [3.63, 3.8) is 0 Å². The molecule has 3 aromatic rings. The third-order valence-corrected chi connectivity index (χ3v) is 3.78. The SMILES string of the molecule is Cc1cc(Cl)ccc1NC(=O)Nc1cccc2cc(O)ccc12. The number of benzene rings is 3. The van der Waals surface area contributed by atoms with E-state index in [-0.39, 0.29) is 11.8 Å². The van der Waals surface area contributed by atoms with Gasteiger partial charge in [0.1, 0.15) is 5.75 Å². The second-order valence-electron chi connectivity index (χ2n) is 5.25. The molecule has 0 aliphatic heterocycles. The Morgan fingerprint density at radius 1 is 1.00 bits per heavy atom. The second-order valence-corrected chi connectivity index (χ2v) is 5.69. The molecule has 0 bridgehead atoms. The van der Waals surface area contributed by atoms with Gasteiger partial charge < -0.3 is 15.7 Å². The number of carbonyl (C=O) groups excluding carboxylic acids is 1. The van der Waals surface area contributed by atoms with Gasteiger partial charge in [0.25, 0.3) is 0 Å². The van der Waals surface area contributed by atoms with Gasteiger partial charge in [0, 0.05) is 16.1 Å². The first-order chi connectivity index (χ1) is 11.0. The fourth-order valence-corrected chi connectivity index (χ4v) is 2.65. The first-order valence-corrected chi connectivity index (χ1v) is 7.46. The predicted molar refractivity (Wildman–Crippen MR) is 94.4 cm³/mol. The monoisotopic (exact) mass is 326 g/mol. The summed E-state index contributed by atoms with van der Waals surface area (Å²) in [5, 5.41) is 17.5. The third kappa shape index (κ3) is 3.38. The summed E-state index contributed by atoms with van der Waals surface area (Å²) in [6.45, 7) is 1.88. The number of fused-ring (bicyclic) bond motifs is 1. The van der Waals surface area contributed by atoms with E-state index in [9.17, 15) is 9.90 Å². The summed E-state index contributed by atoms with van der Waals surface area (Å²) < 4.78 is 0. The lowest BCUT2D eigenvalue weighted by Gasteiger charge is -2.12. The molecule has 0 unspecified atom stereocenters. The number of phenols is 1. The van der Waals surface area contributed by atoms with Gasteiger partial charge in [0.2, 0.25) is 0 Å². The van der Waals surface area contributed by atoms with Crippen molar-refractivity contribution in [2.24, 2.45) is 0 Å². The molecule has 116 valence electrons. The van der Waals surface area contributed by atoms with E-state index >= 15 is 0 Å². The smallest absolute Gasteiger partial charge is 0.323 e. The Balaban J connectivity index is 1.83. The van der Waals surface area contributed by atoms with Crippen LogP contribution in [0.15, 0.2) is 54.6 Å². The number of rotatable bonds is 2. The zero-order chi connectivity index (χ0) is 16.4. The molecule has 0 aliphatic rings. The third-order valence-electron chi connectivity index (χ3n) is 3.55. The van der Waals surface area contributed by atoms with Crippen LogP contribution < -0.4 is 10.6 Å². The number of hydrogen-bond acceptors (Lipinski definition) is 2. The summed E-state index contributed by atoms with van der Waals surface area (Å²) in [6, 6.07) is 15.5. The molecule has 3 rings (SSSR count). The molecule has 23 heavy (non-hydrogen) atoms. The minimum absolute atomic E-state index is 0.191. The van der Waals surface area contributed by atoms with E-state index in [0.717, 1.165) is 16.3 Å². The molecule has 5 heteroatoms. The van der Waals surface area contributed by atoms with Crippen molar-refractivity contribution < 1.29 is 9.90 Å². The predicted octanol–water partition coefficient (Wildman–Crippen LogP) is 5.15. The fraction of sp³-hybridized carbons (Fsp3) is 0.0556. The van der Waals surface area contributed by atoms with E-state index in [0.29, 0.717) is 16.4 Å². The minimum Gasteiger partial charge on any atom is -0.508 e. The number of phenolic OH excluding ortho intramolecular Hbond substituents is 1. The highest BCUT2D eigenvalue weighted by molar-refractivity contribution is 6.30. The first-order valence-electron chi connectivity index (χ1n) is 7.09. The van der Waals surface area contributed by atoms with Gasteiger partial charge in [-0.2, -0.15) is 0 Å². The Hall–Kier alpha value is -2.72. The summed E-state index contributed by atoms with van der Waals surface area (Å²) in [6.07, 6.45) is 0. The van der Waals surface area contributed by atoms with Crippen LogP contribution in [0.3, 0.4) is 0 Å². The number of aromatic hydroxyl groups is 1. The van der Waals surface area contributed by atoms with Crippen LogP contribution in [0.4, 0.5) is 16.2 Å². The Bertz CT molecular complexity index is 893. The quantitative estimate of drug-likeness (QED) is 0.609. The number of carbonyl (C=O) groups is 1. The van der Waals surface area contributed by atoms with E-state index in [4.69, 9.17) is 11.6 Å². The number of aryl methyl sites for hydroxylation is 1. The molecule has 3 aromatic carbocycles. The van der Waals surface area contributed by atoms with Crippen LogP contribution in [0.5, 0.6) is 5.75 Å². The zero-order valence-electron chi connectivity index (χ0n) is 12.4. The number of amides is 2. The summed E-state index contributed by atoms with van der Waals surface area (Å²) in [4.78, 5) is 12.2. The van der Waals surface area contributed by atoms with Gasteiger partial charge in [-0.05, 0) is 60.3 Å².